The Morgan fingerprint density at radius 3 is 2.46 bits per heavy atom. The summed E-state index contributed by atoms with van der Waals surface area (Å²) in [4.78, 5) is 36.8. The molecule has 0 radical (unpaired) electrons. The molecule has 2 aromatic rings. The first-order valence-corrected chi connectivity index (χ1v) is 7.69. The molecule has 0 spiro atoms. The number of allylic oxidation sites excluding steroid dienone is 1. The lowest BCUT2D eigenvalue weighted by molar-refractivity contribution is -0.121. The number of para-hydroxylation sites is 2. The largest absolute Gasteiger partial charge is 0.385 e. The Hall–Kier alpha value is -2.67. The van der Waals surface area contributed by atoms with E-state index in [1.54, 1.807) is 37.5 Å². The Balaban J connectivity index is 2.37. The van der Waals surface area contributed by atoms with Gasteiger partial charge in [0.2, 0.25) is 5.91 Å². The third-order valence-electron chi connectivity index (χ3n) is 3.60. The van der Waals surface area contributed by atoms with E-state index in [0.29, 0.717) is 30.6 Å². The van der Waals surface area contributed by atoms with Crippen molar-refractivity contribution in [3.63, 3.8) is 0 Å². The molecule has 1 aromatic heterocycles. The number of benzene rings is 1. The van der Waals surface area contributed by atoms with Crippen molar-refractivity contribution in [3.8, 4) is 0 Å². The van der Waals surface area contributed by atoms with E-state index in [1.165, 1.54) is 9.13 Å². The van der Waals surface area contributed by atoms with Crippen molar-refractivity contribution >= 4 is 16.9 Å². The number of amides is 1. The Kier molecular flexibility index (Phi) is 6.08. The summed E-state index contributed by atoms with van der Waals surface area (Å²) in [6.07, 6.45) is 2.24. The number of hydrogen-bond donors (Lipinski definition) is 1. The molecule has 0 aliphatic carbocycles. The maximum absolute atomic E-state index is 12.4. The number of aromatic nitrogens is 2. The van der Waals surface area contributed by atoms with Crippen LogP contribution in [0.15, 0.2) is 46.5 Å². The predicted molar refractivity (Wildman–Crippen MR) is 92.2 cm³/mol. The van der Waals surface area contributed by atoms with Crippen LogP contribution in [0.25, 0.3) is 11.0 Å². The quantitative estimate of drug-likeness (QED) is 0.434. The van der Waals surface area contributed by atoms with Crippen LogP contribution < -0.4 is 16.4 Å². The number of nitrogens with zero attached hydrogens (tertiary/aromatic N) is 2. The van der Waals surface area contributed by atoms with Crippen molar-refractivity contribution in [1.29, 1.82) is 0 Å². The summed E-state index contributed by atoms with van der Waals surface area (Å²) in [7, 11) is 1.59. The van der Waals surface area contributed by atoms with E-state index in [9.17, 15) is 14.4 Å². The highest BCUT2D eigenvalue weighted by Gasteiger charge is 2.14. The number of fused-ring (bicyclic) bond motifs is 1. The van der Waals surface area contributed by atoms with Crippen LogP contribution in [0.5, 0.6) is 0 Å². The van der Waals surface area contributed by atoms with Gasteiger partial charge in [0.25, 0.3) is 0 Å². The summed E-state index contributed by atoms with van der Waals surface area (Å²) in [6, 6.07) is 7.00. The van der Waals surface area contributed by atoms with Crippen molar-refractivity contribution < 1.29 is 9.53 Å². The van der Waals surface area contributed by atoms with E-state index >= 15 is 0 Å². The van der Waals surface area contributed by atoms with Crippen LogP contribution in [-0.4, -0.2) is 35.3 Å². The number of ether oxygens (including phenoxy) is 1. The zero-order valence-corrected chi connectivity index (χ0v) is 13.7. The molecule has 1 heterocycles. The van der Waals surface area contributed by atoms with Gasteiger partial charge in [-0.2, -0.15) is 0 Å². The number of nitrogens with one attached hydrogen (secondary N) is 1. The smallest absolute Gasteiger partial charge is 0.317 e. The van der Waals surface area contributed by atoms with Crippen molar-refractivity contribution in [3.05, 3.63) is 57.6 Å². The maximum Gasteiger partial charge on any atom is 0.317 e. The monoisotopic (exact) mass is 331 g/mol. The standard InChI is InChI=1S/C17H21N3O4/c1-3-10-19-13-7-4-5-8-14(13)20(17(23)16(19)22)12-15(21)18-9-6-11-24-2/h3-5,7-8H,1,6,9-12H2,2H3,(H,18,21). The third-order valence-corrected chi connectivity index (χ3v) is 3.60. The van der Waals surface area contributed by atoms with Gasteiger partial charge in [0.05, 0.1) is 11.0 Å². The Morgan fingerprint density at radius 1 is 1.21 bits per heavy atom. The van der Waals surface area contributed by atoms with Crippen LogP contribution >= 0.6 is 0 Å². The number of carbonyl (C=O) groups excluding carboxylic acids is 1. The van der Waals surface area contributed by atoms with E-state index in [4.69, 9.17) is 4.74 Å². The lowest BCUT2D eigenvalue weighted by Gasteiger charge is -2.14. The molecule has 2 rings (SSSR count). The Labute approximate surface area is 139 Å². The summed E-state index contributed by atoms with van der Waals surface area (Å²) in [5.41, 5.74) is -0.256. The highest BCUT2D eigenvalue weighted by Crippen LogP contribution is 2.10. The van der Waals surface area contributed by atoms with Gasteiger partial charge in [-0.25, -0.2) is 0 Å². The Bertz CT molecular complexity index is 851. The van der Waals surface area contributed by atoms with Gasteiger partial charge >= 0.3 is 11.1 Å². The molecule has 0 saturated heterocycles. The minimum absolute atomic E-state index is 0.198. The summed E-state index contributed by atoms with van der Waals surface area (Å²) in [5, 5.41) is 2.71. The minimum atomic E-state index is -0.720. The Morgan fingerprint density at radius 2 is 1.83 bits per heavy atom. The minimum Gasteiger partial charge on any atom is -0.385 e. The van der Waals surface area contributed by atoms with E-state index in [1.807, 2.05) is 0 Å². The molecular formula is C17H21N3O4. The van der Waals surface area contributed by atoms with Crippen LogP contribution in [0.3, 0.4) is 0 Å². The fraction of sp³-hybridized carbons (Fsp3) is 0.353. The van der Waals surface area contributed by atoms with Crippen molar-refractivity contribution in [2.24, 2.45) is 0 Å². The molecule has 0 unspecified atom stereocenters. The van der Waals surface area contributed by atoms with Crippen LogP contribution in [0.1, 0.15) is 6.42 Å². The van der Waals surface area contributed by atoms with Crippen LogP contribution in [0.4, 0.5) is 0 Å². The third kappa shape index (κ3) is 3.80. The zero-order valence-electron chi connectivity index (χ0n) is 13.7. The van der Waals surface area contributed by atoms with Crippen molar-refractivity contribution in [2.75, 3.05) is 20.3 Å². The molecule has 0 fully saturated rings. The average Bonchev–Trinajstić information content (AvgIpc) is 2.59. The zero-order chi connectivity index (χ0) is 17.5. The molecule has 1 amide bonds. The van der Waals surface area contributed by atoms with Crippen LogP contribution in [0, 0.1) is 0 Å². The molecule has 7 heteroatoms. The molecule has 1 N–H and O–H groups in total. The normalized spacial score (nSPS) is 10.7. The van der Waals surface area contributed by atoms with Gasteiger partial charge in [0.15, 0.2) is 0 Å². The lowest BCUT2D eigenvalue weighted by Crippen LogP contribution is -2.44. The van der Waals surface area contributed by atoms with Gasteiger partial charge in [-0.1, -0.05) is 18.2 Å². The second kappa shape index (κ2) is 8.26. The molecule has 24 heavy (non-hydrogen) atoms. The van der Waals surface area contributed by atoms with Gasteiger partial charge in [-0.3, -0.25) is 23.5 Å². The van der Waals surface area contributed by atoms with Crippen molar-refractivity contribution in [2.45, 2.75) is 19.5 Å². The van der Waals surface area contributed by atoms with Gasteiger partial charge in [-0.05, 0) is 18.6 Å². The molecule has 0 atom stereocenters. The molecule has 0 aliphatic heterocycles. The first-order valence-electron chi connectivity index (χ1n) is 7.69. The molecular weight excluding hydrogens is 310 g/mol. The molecule has 1 aromatic carbocycles. The second-order valence-corrected chi connectivity index (χ2v) is 5.28. The number of rotatable bonds is 8. The van der Waals surface area contributed by atoms with Gasteiger partial charge in [-0.15, -0.1) is 6.58 Å². The lowest BCUT2D eigenvalue weighted by atomic mass is 10.2. The highest BCUT2D eigenvalue weighted by atomic mass is 16.5. The van der Waals surface area contributed by atoms with E-state index < -0.39 is 11.1 Å². The summed E-state index contributed by atoms with van der Waals surface area (Å²) in [5.74, 6) is -0.320. The fourth-order valence-corrected chi connectivity index (χ4v) is 2.48. The van der Waals surface area contributed by atoms with Gasteiger partial charge in [0, 0.05) is 26.8 Å². The number of carbonyl (C=O) groups is 1. The SMILES string of the molecule is C=CCn1c(=O)c(=O)n(CC(=O)NCCCOC)c2ccccc21. The first-order chi connectivity index (χ1) is 11.6. The van der Waals surface area contributed by atoms with Gasteiger partial charge < -0.3 is 10.1 Å². The fourth-order valence-electron chi connectivity index (χ4n) is 2.48. The second-order valence-electron chi connectivity index (χ2n) is 5.28. The average molecular weight is 331 g/mol. The van der Waals surface area contributed by atoms with Crippen molar-refractivity contribution in [1.82, 2.24) is 14.5 Å². The maximum atomic E-state index is 12.4. The molecule has 7 nitrogen and oxygen atoms in total. The summed E-state index contributed by atoms with van der Waals surface area (Å²) in [6.45, 7) is 4.64. The van der Waals surface area contributed by atoms with E-state index in [0.717, 1.165) is 0 Å². The number of hydrogen-bond acceptors (Lipinski definition) is 4. The molecule has 128 valence electrons. The van der Waals surface area contributed by atoms with Crippen LogP contribution in [-0.2, 0) is 22.6 Å². The van der Waals surface area contributed by atoms with E-state index in [-0.39, 0.29) is 19.0 Å². The van der Waals surface area contributed by atoms with E-state index in [2.05, 4.69) is 11.9 Å². The van der Waals surface area contributed by atoms with Crippen LogP contribution in [0.2, 0.25) is 0 Å². The molecule has 0 saturated carbocycles. The first kappa shape index (κ1) is 17.7. The highest BCUT2D eigenvalue weighted by molar-refractivity contribution is 5.80. The number of methoxy groups -OCH3 is 1. The summed E-state index contributed by atoms with van der Waals surface area (Å²) >= 11 is 0. The predicted octanol–water partition coefficient (Wildman–Crippen LogP) is 0.502. The molecule has 0 bridgehead atoms. The summed E-state index contributed by atoms with van der Waals surface area (Å²) < 4.78 is 7.48. The molecule has 0 aliphatic rings. The topological polar surface area (TPSA) is 82.3 Å². The van der Waals surface area contributed by atoms with Gasteiger partial charge in [0.1, 0.15) is 6.54 Å².